The Kier molecular flexibility index (Phi) is 1.67. The first kappa shape index (κ1) is 9.20. The monoisotopic (exact) mass is 237 g/mol. The van der Waals surface area contributed by atoms with Crippen LogP contribution in [0.2, 0.25) is 5.15 Å². The van der Waals surface area contributed by atoms with Crippen molar-refractivity contribution in [3.05, 3.63) is 53.7 Å². The summed E-state index contributed by atoms with van der Waals surface area (Å²) in [5.41, 5.74) is 5.96. The Bertz CT molecular complexity index is 762. The van der Waals surface area contributed by atoms with Crippen molar-refractivity contribution in [2.24, 2.45) is 0 Å². The number of benzene rings is 2. The molecule has 2 aromatic carbocycles. The number of pyridine rings is 1. The molecule has 4 rings (SSSR count). The fourth-order valence-corrected chi connectivity index (χ4v) is 2.84. The van der Waals surface area contributed by atoms with Crippen LogP contribution in [0.4, 0.5) is 0 Å². The third-order valence-corrected chi connectivity index (χ3v) is 3.50. The fourth-order valence-electron chi connectivity index (χ4n) is 2.64. The van der Waals surface area contributed by atoms with Gasteiger partial charge in [-0.15, -0.1) is 0 Å². The minimum absolute atomic E-state index is 0.557. The van der Waals surface area contributed by atoms with Gasteiger partial charge in [-0.1, -0.05) is 48.0 Å². The number of fused-ring (bicyclic) bond motifs is 3. The Morgan fingerprint density at radius 3 is 2.29 bits per heavy atom. The molecule has 0 spiro atoms. The van der Waals surface area contributed by atoms with Gasteiger partial charge in [-0.2, -0.15) is 0 Å². The Labute approximate surface area is 104 Å². The van der Waals surface area contributed by atoms with E-state index in [1.165, 1.54) is 27.6 Å². The van der Waals surface area contributed by atoms with Gasteiger partial charge in [0.25, 0.3) is 0 Å². The van der Waals surface area contributed by atoms with Crippen LogP contribution in [0, 0.1) is 0 Å². The largest absolute Gasteiger partial charge is 0.236 e. The van der Waals surface area contributed by atoms with Gasteiger partial charge in [-0.25, -0.2) is 4.98 Å². The van der Waals surface area contributed by atoms with Gasteiger partial charge < -0.3 is 0 Å². The molecule has 17 heavy (non-hydrogen) atoms. The average molecular weight is 238 g/mol. The molecule has 0 amide bonds. The Morgan fingerprint density at radius 1 is 0.765 bits per heavy atom. The van der Waals surface area contributed by atoms with Crippen LogP contribution in [0.15, 0.2) is 48.5 Å². The maximum Gasteiger partial charge on any atom is 0.130 e. The molecule has 0 radical (unpaired) electrons. The summed E-state index contributed by atoms with van der Waals surface area (Å²) in [4.78, 5) is 4.39. The van der Waals surface area contributed by atoms with E-state index in [-0.39, 0.29) is 0 Å². The van der Waals surface area contributed by atoms with Gasteiger partial charge in [-0.05, 0) is 34.4 Å². The second-order valence-corrected chi connectivity index (χ2v) is 4.63. The first-order valence-electron chi connectivity index (χ1n) is 5.53. The zero-order valence-corrected chi connectivity index (χ0v) is 9.70. The smallest absolute Gasteiger partial charge is 0.130 e. The van der Waals surface area contributed by atoms with Crippen LogP contribution < -0.4 is 0 Å². The number of hydrogen-bond acceptors (Lipinski definition) is 1. The van der Waals surface area contributed by atoms with Gasteiger partial charge in [0.15, 0.2) is 0 Å². The molecule has 0 fully saturated rings. The number of aromatic nitrogens is 1. The lowest BCUT2D eigenvalue weighted by molar-refractivity contribution is 1.42. The van der Waals surface area contributed by atoms with Gasteiger partial charge in [0.2, 0.25) is 0 Å². The van der Waals surface area contributed by atoms with E-state index in [9.17, 15) is 0 Å². The van der Waals surface area contributed by atoms with Crippen LogP contribution in [0.5, 0.6) is 0 Å². The van der Waals surface area contributed by atoms with E-state index in [4.69, 9.17) is 11.6 Å². The Hall–Kier alpha value is -1.86. The highest BCUT2D eigenvalue weighted by molar-refractivity contribution is 6.31. The number of hydrogen-bond donors (Lipinski definition) is 0. The summed E-state index contributed by atoms with van der Waals surface area (Å²) in [7, 11) is 0. The molecule has 0 aliphatic heterocycles. The molecule has 0 N–H and O–H groups in total. The summed E-state index contributed by atoms with van der Waals surface area (Å²) in [6.45, 7) is 0. The normalized spacial score (nSPS) is 11.8. The first-order valence-corrected chi connectivity index (χ1v) is 5.91. The molecular formula is C15H8ClN. The molecule has 80 valence electrons. The summed E-state index contributed by atoms with van der Waals surface area (Å²) in [5.74, 6) is 0. The van der Waals surface area contributed by atoms with E-state index in [0.29, 0.717) is 5.15 Å². The topological polar surface area (TPSA) is 12.9 Å². The van der Waals surface area contributed by atoms with Crippen LogP contribution >= 0.6 is 11.6 Å². The predicted molar refractivity (Wildman–Crippen MR) is 71.2 cm³/mol. The number of nitrogens with zero attached hydrogens (tertiary/aromatic N) is 1. The van der Waals surface area contributed by atoms with Crippen molar-refractivity contribution in [1.82, 2.24) is 4.98 Å². The lowest BCUT2D eigenvalue weighted by Gasteiger charge is -2.01. The molecule has 1 heterocycles. The van der Waals surface area contributed by atoms with E-state index in [0.717, 1.165) is 5.52 Å². The van der Waals surface area contributed by atoms with Gasteiger partial charge in [0.1, 0.15) is 5.15 Å². The molecule has 0 saturated carbocycles. The van der Waals surface area contributed by atoms with Crippen molar-refractivity contribution in [2.45, 2.75) is 0 Å². The van der Waals surface area contributed by atoms with E-state index in [1.807, 2.05) is 18.2 Å². The van der Waals surface area contributed by atoms with E-state index in [2.05, 4.69) is 35.3 Å². The fraction of sp³-hybridized carbons (Fsp3) is 0. The zero-order valence-electron chi connectivity index (χ0n) is 8.94. The molecule has 2 heteroatoms. The minimum Gasteiger partial charge on any atom is -0.236 e. The highest BCUT2D eigenvalue weighted by Crippen LogP contribution is 2.46. The van der Waals surface area contributed by atoms with Gasteiger partial charge in [-0.3, -0.25) is 0 Å². The molecule has 0 unspecified atom stereocenters. The van der Waals surface area contributed by atoms with Gasteiger partial charge in [0, 0.05) is 5.39 Å². The Morgan fingerprint density at radius 2 is 1.47 bits per heavy atom. The Balaban J connectivity index is 2.30. The average Bonchev–Trinajstić information content (AvgIpc) is 2.67. The predicted octanol–water partition coefficient (Wildman–Crippen LogP) is 4.54. The van der Waals surface area contributed by atoms with Crippen molar-refractivity contribution in [3.63, 3.8) is 0 Å². The highest BCUT2D eigenvalue weighted by Gasteiger charge is 2.21. The summed E-state index contributed by atoms with van der Waals surface area (Å²) in [6.07, 6.45) is 0. The van der Waals surface area contributed by atoms with Crippen LogP contribution in [-0.2, 0) is 0 Å². The SMILES string of the molecule is Clc1cc2c3c(cccc3n1)-c1ccccc1-2. The minimum atomic E-state index is 0.557. The van der Waals surface area contributed by atoms with E-state index >= 15 is 0 Å². The van der Waals surface area contributed by atoms with Crippen LogP contribution in [0.3, 0.4) is 0 Å². The second kappa shape index (κ2) is 3.08. The molecule has 1 aliphatic rings. The molecular weight excluding hydrogens is 230 g/mol. The lowest BCUT2D eigenvalue weighted by Crippen LogP contribution is -1.81. The third-order valence-electron chi connectivity index (χ3n) is 3.31. The summed E-state index contributed by atoms with van der Waals surface area (Å²) >= 11 is 6.08. The number of rotatable bonds is 0. The van der Waals surface area contributed by atoms with Crippen LogP contribution in [0.25, 0.3) is 33.2 Å². The molecule has 1 aromatic heterocycles. The molecule has 0 saturated heterocycles. The molecule has 1 aliphatic carbocycles. The number of halogens is 1. The zero-order chi connectivity index (χ0) is 11.4. The van der Waals surface area contributed by atoms with Crippen molar-refractivity contribution in [1.29, 1.82) is 0 Å². The molecule has 3 aromatic rings. The summed E-state index contributed by atoms with van der Waals surface area (Å²) in [6, 6.07) is 16.6. The first-order chi connectivity index (χ1) is 8.34. The maximum absolute atomic E-state index is 6.08. The second-order valence-electron chi connectivity index (χ2n) is 4.24. The van der Waals surface area contributed by atoms with Crippen LogP contribution in [0.1, 0.15) is 0 Å². The lowest BCUT2D eigenvalue weighted by atomic mass is 10.1. The quantitative estimate of drug-likeness (QED) is 0.409. The van der Waals surface area contributed by atoms with Gasteiger partial charge >= 0.3 is 0 Å². The van der Waals surface area contributed by atoms with Crippen molar-refractivity contribution in [2.75, 3.05) is 0 Å². The molecule has 1 nitrogen and oxygen atoms in total. The molecule has 0 bridgehead atoms. The summed E-state index contributed by atoms with van der Waals surface area (Å²) in [5, 5.41) is 1.78. The standard InChI is InChI=1S/C15H8ClN/c16-14-8-12-10-5-2-1-4-9(10)11-6-3-7-13(17-14)15(11)12/h1-8H. The van der Waals surface area contributed by atoms with E-state index < -0.39 is 0 Å². The van der Waals surface area contributed by atoms with Crippen molar-refractivity contribution < 1.29 is 0 Å². The van der Waals surface area contributed by atoms with Crippen molar-refractivity contribution in [3.8, 4) is 22.3 Å². The third kappa shape index (κ3) is 1.12. The van der Waals surface area contributed by atoms with Crippen LogP contribution in [-0.4, -0.2) is 4.98 Å². The highest BCUT2D eigenvalue weighted by atomic mass is 35.5. The maximum atomic E-state index is 6.08. The van der Waals surface area contributed by atoms with Gasteiger partial charge in [0.05, 0.1) is 5.52 Å². The van der Waals surface area contributed by atoms with Crippen molar-refractivity contribution >= 4 is 22.5 Å². The van der Waals surface area contributed by atoms with E-state index in [1.54, 1.807) is 0 Å². The summed E-state index contributed by atoms with van der Waals surface area (Å²) < 4.78 is 0. The molecule has 0 atom stereocenters.